The summed E-state index contributed by atoms with van der Waals surface area (Å²) in [5, 5.41) is 0. The van der Waals surface area contributed by atoms with Crippen molar-refractivity contribution < 1.29 is 14.2 Å². The minimum Gasteiger partial charge on any atom is -0.480 e. The van der Waals surface area contributed by atoms with Gasteiger partial charge in [-0.2, -0.15) is 0 Å². The van der Waals surface area contributed by atoms with Gasteiger partial charge in [-0.1, -0.05) is 26.0 Å². The Morgan fingerprint density at radius 1 is 1.32 bits per heavy atom. The molecule has 108 valence electrons. The predicted molar refractivity (Wildman–Crippen MR) is 78.9 cm³/mol. The maximum absolute atomic E-state index is 11.9. The van der Waals surface area contributed by atoms with E-state index in [-0.39, 0.29) is 12.2 Å². The standard InChI is InChI=1S/C14H24NO3P/c1-4-14(19(16,17)5-2)18-13-8-6-12(7-9-13)10-11(3)15/h6-9,11,14H,4-5,10,15H2,1-3H3,(H,16,17). The van der Waals surface area contributed by atoms with Gasteiger partial charge in [-0.3, -0.25) is 4.57 Å². The summed E-state index contributed by atoms with van der Waals surface area (Å²) in [6.07, 6.45) is 1.56. The van der Waals surface area contributed by atoms with E-state index in [1.807, 2.05) is 38.1 Å². The Bertz CT molecular complexity index is 431. The second-order valence-electron chi connectivity index (χ2n) is 4.88. The lowest BCUT2D eigenvalue weighted by Gasteiger charge is -2.22. The zero-order chi connectivity index (χ0) is 14.5. The minimum atomic E-state index is -3.23. The van der Waals surface area contributed by atoms with E-state index in [1.54, 1.807) is 6.92 Å². The molecular weight excluding hydrogens is 261 g/mol. The topological polar surface area (TPSA) is 72.5 Å². The van der Waals surface area contributed by atoms with Gasteiger partial charge in [0.05, 0.1) is 0 Å². The molecule has 19 heavy (non-hydrogen) atoms. The van der Waals surface area contributed by atoms with Crippen LogP contribution in [0.3, 0.4) is 0 Å². The van der Waals surface area contributed by atoms with E-state index >= 15 is 0 Å². The first-order chi connectivity index (χ1) is 8.89. The van der Waals surface area contributed by atoms with Crippen molar-refractivity contribution in [3.63, 3.8) is 0 Å². The van der Waals surface area contributed by atoms with Gasteiger partial charge < -0.3 is 15.4 Å². The van der Waals surface area contributed by atoms with Crippen molar-refractivity contribution in [1.29, 1.82) is 0 Å². The van der Waals surface area contributed by atoms with Gasteiger partial charge in [0.2, 0.25) is 7.37 Å². The van der Waals surface area contributed by atoms with E-state index in [0.717, 1.165) is 12.0 Å². The second-order valence-corrected chi connectivity index (χ2v) is 7.60. The van der Waals surface area contributed by atoms with E-state index in [0.29, 0.717) is 12.2 Å². The number of rotatable bonds is 7. The Balaban J connectivity index is 2.73. The number of benzene rings is 1. The highest BCUT2D eigenvalue weighted by Crippen LogP contribution is 2.47. The van der Waals surface area contributed by atoms with Crippen LogP contribution in [0, 0.1) is 0 Å². The third kappa shape index (κ3) is 4.98. The van der Waals surface area contributed by atoms with Crippen molar-refractivity contribution in [2.45, 2.75) is 45.5 Å². The monoisotopic (exact) mass is 285 g/mol. The molecule has 3 atom stereocenters. The molecule has 4 nitrogen and oxygen atoms in total. The van der Waals surface area contributed by atoms with Gasteiger partial charge in [0, 0.05) is 12.2 Å². The van der Waals surface area contributed by atoms with E-state index in [1.165, 1.54) is 0 Å². The van der Waals surface area contributed by atoms with Crippen LogP contribution in [0.4, 0.5) is 0 Å². The van der Waals surface area contributed by atoms with E-state index in [4.69, 9.17) is 10.5 Å². The summed E-state index contributed by atoms with van der Waals surface area (Å²) in [6, 6.07) is 7.67. The maximum Gasteiger partial charge on any atom is 0.239 e. The number of nitrogens with two attached hydrogens (primary N) is 1. The van der Waals surface area contributed by atoms with Crippen LogP contribution < -0.4 is 10.5 Å². The highest BCUT2D eigenvalue weighted by Gasteiger charge is 2.29. The van der Waals surface area contributed by atoms with E-state index < -0.39 is 13.2 Å². The lowest BCUT2D eigenvalue weighted by Crippen LogP contribution is -2.18. The van der Waals surface area contributed by atoms with E-state index in [9.17, 15) is 9.46 Å². The molecule has 0 fully saturated rings. The average Bonchev–Trinajstić information content (AvgIpc) is 2.37. The van der Waals surface area contributed by atoms with Crippen molar-refractivity contribution in [2.24, 2.45) is 5.73 Å². The van der Waals surface area contributed by atoms with Crippen LogP contribution in [0.2, 0.25) is 0 Å². The first kappa shape index (κ1) is 16.2. The van der Waals surface area contributed by atoms with Crippen molar-refractivity contribution >= 4 is 7.37 Å². The molecule has 0 aliphatic carbocycles. The summed E-state index contributed by atoms with van der Waals surface area (Å²) < 4.78 is 17.6. The van der Waals surface area contributed by atoms with Gasteiger partial charge in [-0.15, -0.1) is 0 Å². The smallest absolute Gasteiger partial charge is 0.239 e. The fraction of sp³-hybridized carbons (Fsp3) is 0.571. The Morgan fingerprint density at radius 2 is 1.89 bits per heavy atom. The normalized spacial score (nSPS) is 17.5. The first-order valence-electron chi connectivity index (χ1n) is 6.71. The van der Waals surface area contributed by atoms with E-state index in [2.05, 4.69) is 0 Å². The molecular formula is C14H24NO3P. The van der Waals surface area contributed by atoms with Crippen molar-refractivity contribution in [2.75, 3.05) is 6.16 Å². The van der Waals surface area contributed by atoms with Crippen molar-refractivity contribution in [1.82, 2.24) is 0 Å². The molecule has 0 aliphatic heterocycles. The Hall–Kier alpha value is -0.830. The molecule has 1 rings (SSSR count). The minimum absolute atomic E-state index is 0.118. The Labute approximate surface area is 115 Å². The van der Waals surface area contributed by atoms with Crippen LogP contribution in [-0.4, -0.2) is 22.9 Å². The molecule has 0 spiro atoms. The third-order valence-electron chi connectivity index (χ3n) is 3.01. The molecule has 3 unspecified atom stereocenters. The lowest BCUT2D eigenvalue weighted by atomic mass is 10.1. The Kier molecular flexibility index (Phi) is 6.05. The van der Waals surface area contributed by atoms with Crippen LogP contribution >= 0.6 is 7.37 Å². The van der Waals surface area contributed by atoms with Gasteiger partial charge >= 0.3 is 0 Å². The summed E-state index contributed by atoms with van der Waals surface area (Å²) in [5.41, 5.74) is 6.88. The Morgan fingerprint density at radius 3 is 2.32 bits per heavy atom. The quantitative estimate of drug-likeness (QED) is 0.755. The molecule has 3 N–H and O–H groups in total. The molecule has 0 bridgehead atoms. The third-order valence-corrected chi connectivity index (χ3v) is 5.28. The SMILES string of the molecule is CCC(Oc1ccc(CC(C)N)cc1)P(=O)(O)CC. The average molecular weight is 285 g/mol. The zero-order valence-corrected chi connectivity index (χ0v) is 12.8. The molecule has 0 radical (unpaired) electrons. The van der Waals surface area contributed by atoms with Gasteiger partial charge in [0.1, 0.15) is 5.75 Å². The number of hydrogen-bond donors (Lipinski definition) is 2. The molecule has 1 aromatic carbocycles. The molecule has 0 heterocycles. The molecule has 5 heteroatoms. The van der Waals surface area contributed by atoms with Gasteiger partial charge in [-0.25, -0.2) is 0 Å². The van der Waals surface area contributed by atoms with Crippen molar-refractivity contribution in [3.8, 4) is 5.75 Å². The molecule has 0 saturated heterocycles. The van der Waals surface area contributed by atoms with Crippen LogP contribution in [-0.2, 0) is 11.0 Å². The van der Waals surface area contributed by atoms with Gasteiger partial charge in [-0.05, 0) is 37.5 Å². The highest BCUT2D eigenvalue weighted by molar-refractivity contribution is 7.58. The second kappa shape index (κ2) is 7.09. The van der Waals surface area contributed by atoms with Crippen LogP contribution in [0.15, 0.2) is 24.3 Å². The van der Waals surface area contributed by atoms with Crippen LogP contribution in [0.1, 0.15) is 32.8 Å². The molecule has 1 aromatic rings. The summed E-state index contributed by atoms with van der Waals surface area (Å²) >= 11 is 0. The van der Waals surface area contributed by atoms with Gasteiger partial charge in [0.25, 0.3) is 0 Å². The summed E-state index contributed by atoms with van der Waals surface area (Å²) in [5.74, 6) is -0.000202. The highest BCUT2D eigenvalue weighted by atomic mass is 31.2. The number of hydrogen-bond acceptors (Lipinski definition) is 3. The maximum atomic E-state index is 11.9. The fourth-order valence-electron chi connectivity index (χ4n) is 1.89. The van der Waals surface area contributed by atoms with Crippen molar-refractivity contribution in [3.05, 3.63) is 29.8 Å². The largest absolute Gasteiger partial charge is 0.480 e. The fourth-order valence-corrected chi connectivity index (χ4v) is 3.15. The predicted octanol–water partition coefficient (Wildman–Crippen LogP) is 2.98. The number of ether oxygens (including phenoxy) is 1. The van der Waals surface area contributed by atoms with Gasteiger partial charge in [0.15, 0.2) is 5.85 Å². The van der Waals surface area contributed by atoms with Crippen LogP contribution in [0.25, 0.3) is 0 Å². The first-order valence-corrected chi connectivity index (χ1v) is 8.63. The lowest BCUT2D eigenvalue weighted by molar-refractivity contribution is 0.249. The molecule has 0 aliphatic rings. The summed E-state index contributed by atoms with van der Waals surface area (Å²) in [6.45, 7) is 5.52. The molecule has 0 aromatic heterocycles. The molecule has 0 amide bonds. The summed E-state index contributed by atoms with van der Waals surface area (Å²) in [4.78, 5) is 9.83. The molecule has 0 saturated carbocycles. The zero-order valence-electron chi connectivity index (χ0n) is 11.9. The summed E-state index contributed by atoms with van der Waals surface area (Å²) in [7, 11) is -3.23. The van der Waals surface area contributed by atoms with Crippen LogP contribution in [0.5, 0.6) is 5.75 Å².